The molecule has 1 aliphatic rings. The van der Waals surface area contributed by atoms with E-state index in [1.54, 1.807) is 59.4 Å². The molecule has 0 amide bonds. The molecule has 0 spiro atoms. The molecule has 324 valence electrons. The molecule has 0 saturated heterocycles. The molecule has 0 fully saturated rings. The molecule has 4 aromatic carbocycles. The fraction of sp³-hybridized carbons (Fsp3) is 0.378. The predicted octanol–water partition coefficient (Wildman–Crippen LogP) is 8.43. The Bertz CT molecular complexity index is 2380. The van der Waals surface area contributed by atoms with Gasteiger partial charge in [0.25, 0.3) is 0 Å². The van der Waals surface area contributed by atoms with Gasteiger partial charge < -0.3 is 23.5 Å². The first-order valence-electron chi connectivity index (χ1n) is 20.4. The van der Waals surface area contributed by atoms with E-state index in [0.29, 0.717) is 40.2 Å². The van der Waals surface area contributed by atoms with Gasteiger partial charge in [0.05, 0.1) is 17.1 Å². The van der Waals surface area contributed by atoms with Crippen LogP contribution in [0.5, 0.6) is 11.5 Å². The monoisotopic (exact) mass is 868 g/mol. The number of benzene rings is 4. The highest BCUT2D eigenvalue weighted by molar-refractivity contribution is 7.82. The smallest absolute Gasteiger partial charge is 0.316 e. The molecule has 1 aromatic heterocycles. The Kier molecular flexibility index (Phi) is 14.8. The fourth-order valence-electron chi connectivity index (χ4n) is 6.56. The maximum absolute atomic E-state index is 13.1. The molecular weight excluding hydrogens is 813 g/mol. The van der Waals surface area contributed by atoms with Crippen molar-refractivity contribution in [3.63, 3.8) is 0 Å². The number of nitrogens with zero attached hydrogens (tertiary/aromatic N) is 6. The Morgan fingerprint density at radius 3 is 2.03 bits per heavy atom. The van der Waals surface area contributed by atoms with Gasteiger partial charge in [-0.15, -0.1) is 9.89 Å². The summed E-state index contributed by atoms with van der Waals surface area (Å²) in [5, 5.41) is 28.5. The Hall–Kier alpha value is -5.42. The number of aliphatic imine (C=N–C) groups is 1. The third-order valence-electron chi connectivity index (χ3n) is 9.80. The van der Waals surface area contributed by atoms with Crippen molar-refractivity contribution < 1.29 is 27.0 Å². The number of fused-ring (bicyclic) bond motifs is 1. The zero-order chi connectivity index (χ0) is 43.7. The van der Waals surface area contributed by atoms with Crippen molar-refractivity contribution >= 4 is 56.7 Å². The van der Waals surface area contributed by atoms with E-state index >= 15 is 0 Å². The standard InChI is InChI=1S/C45H56N8O6S2/c1-31-17-20-34(51-60(56)58-36-15-9-8-10-16-36)29-39(31)59-61(57)50-33-21-18-32(19-22-33)42-47-43-40(41(45(5,6)7)48-53(43)49-42)46-38-24-23-35(30-37(38)44(2,3)4)52(25-11-13-27-54)26-12-14-28-55/h8-10,15-24,29-30,50-51,54-55H,11-14,25-28H2,1-7H3. The number of para-hydroxylation sites is 1. The van der Waals surface area contributed by atoms with Gasteiger partial charge in [0.2, 0.25) is 5.82 Å². The number of anilines is 3. The number of aliphatic hydroxyl groups excluding tert-OH is 2. The molecule has 2 atom stereocenters. The highest BCUT2D eigenvalue weighted by Crippen LogP contribution is 2.37. The maximum Gasteiger partial charge on any atom is 0.316 e. The van der Waals surface area contributed by atoms with Gasteiger partial charge in [-0.1, -0.05) is 65.8 Å². The summed E-state index contributed by atoms with van der Waals surface area (Å²) in [5.41, 5.74) is 6.31. The van der Waals surface area contributed by atoms with E-state index in [9.17, 15) is 18.6 Å². The van der Waals surface area contributed by atoms with E-state index in [-0.39, 0.29) is 24.0 Å². The van der Waals surface area contributed by atoms with E-state index in [0.717, 1.165) is 72.5 Å². The molecule has 16 heteroatoms. The number of aromatic nitrogens is 3. The highest BCUT2D eigenvalue weighted by Gasteiger charge is 2.35. The van der Waals surface area contributed by atoms with Crippen LogP contribution in [-0.4, -0.2) is 71.2 Å². The van der Waals surface area contributed by atoms with E-state index in [1.807, 2.05) is 25.1 Å². The summed E-state index contributed by atoms with van der Waals surface area (Å²) in [5.74, 6) is 1.79. The number of aliphatic hydroxyl groups is 2. The van der Waals surface area contributed by atoms with E-state index in [2.05, 4.69) is 74.1 Å². The van der Waals surface area contributed by atoms with Gasteiger partial charge in [-0.05, 0) is 110 Å². The minimum absolute atomic E-state index is 0.160. The normalized spacial score (nSPS) is 14.3. The van der Waals surface area contributed by atoms with Crippen molar-refractivity contribution in [1.29, 1.82) is 0 Å². The van der Waals surface area contributed by atoms with Crippen LogP contribution in [0.15, 0.2) is 101 Å². The molecule has 6 rings (SSSR count). The molecule has 5 aromatic rings. The zero-order valence-corrected chi connectivity index (χ0v) is 37.5. The molecule has 0 saturated carbocycles. The van der Waals surface area contributed by atoms with Crippen molar-refractivity contribution in [2.45, 2.75) is 79.6 Å². The molecule has 0 radical (unpaired) electrons. The SMILES string of the molecule is Cc1ccc(NS(=O)Oc2ccccc2)cc1OS(=O)Nc1ccc(-c2nc3n(n2)N=C(C(C)(C)C)C3=Nc2ccc(N(CCCCO)CCCCO)cc2C(C)(C)C)cc1. The lowest BCUT2D eigenvalue weighted by atomic mass is 9.84. The van der Waals surface area contributed by atoms with Gasteiger partial charge in [-0.3, -0.25) is 9.44 Å². The molecule has 0 aliphatic carbocycles. The van der Waals surface area contributed by atoms with Crippen LogP contribution in [0, 0.1) is 12.3 Å². The summed E-state index contributed by atoms with van der Waals surface area (Å²) in [4.78, 5) is 14.1. The molecule has 14 nitrogen and oxygen atoms in total. The first-order valence-corrected chi connectivity index (χ1v) is 22.5. The van der Waals surface area contributed by atoms with Gasteiger partial charge in [-0.25, -0.2) is 9.98 Å². The summed E-state index contributed by atoms with van der Waals surface area (Å²) in [7, 11) is 0. The number of unbranched alkanes of at least 4 members (excludes halogenated alkanes) is 2. The van der Waals surface area contributed by atoms with Crippen molar-refractivity contribution in [3.05, 3.63) is 108 Å². The lowest BCUT2D eigenvalue weighted by Crippen LogP contribution is -2.28. The van der Waals surface area contributed by atoms with E-state index in [4.69, 9.17) is 28.5 Å². The van der Waals surface area contributed by atoms with Crippen LogP contribution in [-0.2, 0) is 27.9 Å². The first kappa shape index (κ1) is 45.1. The largest absolute Gasteiger partial charge is 0.396 e. The van der Waals surface area contributed by atoms with Crippen LogP contribution in [0.1, 0.15) is 84.2 Å². The number of rotatable bonds is 19. The lowest BCUT2D eigenvalue weighted by Gasteiger charge is -2.29. The second-order valence-electron chi connectivity index (χ2n) is 16.8. The predicted molar refractivity (Wildman–Crippen MR) is 246 cm³/mol. The van der Waals surface area contributed by atoms with Crippen molar-refractivity contribution in [3.8, 4) is 22.9 Å². The van der Waals surface area contributed by atoms with Crippen molar-refractivity contribution in [1.82, 2.24) is 14.9 Å². The number of nitrogens with one attached hydrogen (secondary N) is 2. The topological polar surface area (TPSA) is 176 Å². The Labute approximate surface area is 363 Å². The molecular formula is C45H56N8O6S2. The minimum Gasteiger partial charge on any atom is -0.396 e. The van der Waals surface area contributed by atoms with Gasteiger partial charge in [0, 0.05) is 54.7 Å². The van der Waals surface area contributed by atoms with E-state index in [1.165, 1.54) is 0 Å². The quantitative estimate of drug-likeness (QED) is 0.0594. The molecule has 1 aliphatic heterocycles. The van der Waals surface area contributed by atoms with Crippen molar-refractivity contribution in [2.24, 2.45) is 15.5 Å². The van der Waals surface area contributed by atoms with E-state index < -0.39 is 22.5 Å². The molecule has 61 heavy (non-hydrogen) atoms. The van der Waals surface area contributed by atoms with Crippen LogP contribution in [0.25, 0.3) is 11.4 Å². The summed E-state index contributed by atoms with van der Waals surface area (Å²) in [6.45, 7) is 16.6. The minimum atomic E-state index is -1.96. The Morgan fingerprint density at radius 2 is 1.39 bits per heavy atom. The van der Waals surface area contributed by atoms with Gasteiger partial charge in [0.1, 0.15) is 17.2 Å². The number of aryl methyl sites for hydroxylation is 1. The summed E-state index contributed by atoms with van der Waals surface area (Å²) < 4.78 is 42.4. The van der Waals surface area contributed by atoms with Gasteiger partial charge >= 0.3 is 22.5 Å². The number of hydrogen-bond donors (Lipinski definition) is 4. The summed E-state index contributed by atoms with van der Waals surface area (Å²) in [6.07, 6.45) is 3.20. The molecule has 2 unspecified atom stereocenters. The van der Waals surface area contributed by atoms with Gasteiger partial charge in [-0.2, -0.15) is 13.5 Å². The Morgan fingerprint density at radius 1 is 0.754 bits per heavy atom. The molecule has 4 N–H and O–H groups in total. The van der Waals surface area contributed by atoms with Crippen LogP contribution < -0.4 is 22.7 Å². The average molecular weight is 869 g/mol. The van der Waals surface area contributed by atoms with Gasteiger partial charge in [0.15, 0.2) is 5.82 Å². The summed E-state index contributed by atoms with van der Waals surface area (Å²) in [6, 6.07) is 27.5. The second kappa shape index (κ2) is 20.0. The lowest BCUT2D eigenvalue weighted by molar-refractivity contribution is 0.282. The molecule has 0 bridgehead atoms. The van der Waals surface area contributed by atoms with Crippen LogP contribution in [0.4, 0.5) is 22.7 Å². The number of hydrogen-bond acceptors (Lipinski definition) is 11. The Balaban J connectivity index is 1.19. The van der Waals surface area contributed by atoms with Crippen LogP contribution in [0.2, 0.25) is 0 Å². The highest BCUT2D eigenvalue weighted by atomic mass is 32.2. The van der Waals surface area contributed by atoms with Crippen molar-refractivity contribution in [2.75, 3.05) is 40.6 Å². The third-order valence-corrected chi connectivity index (χ3v) is 11.3. The first-order chi connectivity index (χ1) is 29.1. The maximum atomic E-state index is 13.1. The van der Waals surface area contributed by atoms with Crippen LogP contribution >= 0.6 is 0 Å². The fourth-order valence-corrected chi connectivity index (χ4v) is 7.92. The average Bonchev–Trinajstić information content (AvgIpc) is 3.78. The zero-order valence-electron chi connectivity index (χ0n) is 35.8. The third kappa shape index (κ3) is 11.9. The summed E-state index contributed by atoms with van der Waals surface area (Å²) >= 11 is -3.81. The second-order valence-corrected chi connectivity index (χ2v) is 18.5. The molecule has 2 heterocycles. The van der Waals surface area contributed by atoms with Crippen LogP contribution in [0.3, 0.4) is 0 Å².